The standard InChI is InChI=1S/C23H19N5O/c1-17-9-11-18(12-10-17)22(29)27-19-6-4-7-20(16-19)28(21-8-2-3-13-24-21)23-25-14-5-15-26-23/h2-16H,1H3,(H,27,29). The van der Waals surface area contributed by atoms with Crippen LogP contribution in [0.25, 0.3) is 0 Å². The molecule has 0 saturated carbocycles. The summed E-state index contributed by atoms with van der Waals surface area (Å²) in [6.07, 6.45) is 5.08. The molecule has 4 aromatic rings. The van der Waals surface area contributed by atoms with E-state index in [0.29, 0.717) is 23.0 Å². The monoisotopic (exact) mass is 381 g/mol. The number of aryl methyl sites for hydroxylation is 1. The Morgan fingerprint density at radius 2 is 1.59 bits per heavy atom. The fourth-order valence-corrected chi connectivity index (χ4v) is 2.87. The van der Waals surface area contributed by atoms with E-state index < -0.39 is 0 Å². The number of aromatic nitrogens is 3. The lowest BCUT2D eigenvalue weighted by Gasteiger charge is -2.22. The maximum Gasteiger partial charge on any atom is 0.255 e. The second kappa shape index (κ2) is 8.31. The molecule has 2 aromatic heterocycles. The second-order valence-corrected chi connectivity index (χ2v) is 6.44. The number of carbonyl (C=O) groups is 1. The number of carbonyl (C=O) groups excluding carboxylic acids is 1. The van der Waals surface area contributed by atoms with Crippen LogP contribution >= 0.6 is 0 Å². The van der Waals surface area contributed by atoms with Crippen LogP contribution in [0.5, 0.6) is 0 Å². The molecule has 0 aliphatic carbocycles. The third-order valence-corrected chi connectivity index (χ3v) is 4.31. The van der Waals surface area contributed by atoms with Gasteiger partial charge in [0.15, 0.2) is 0 Å². The summed E-state index contributed by atoms with van der Waals surface area (Å²) in [5.41, 5.74) is 3.17. The van der Waals surface area contributed by atoms with Gasteiger partial charge in [-0.3, -0.25) is 9.69 Å². The molecule has 0 unspecified atom stereocenters. The van der Waals surface area contributed by atoms with Crippen LogP contribution in [0.15, 0.2) is 91.4 Å². The molecule has 4 rings (SSSR count). The molecule has 0 radical (unpaired) electrons. The van der Waals surface area contributed by atoms with Gasteiger partial charge in [-0.1, -0.05) is 29.8 Å². The smallest absolute Gasteiger partial charge is 0.255 e. The third-order valence-electron chi connectivity index (χ3n) is 4.31. The maximum atomic E-state index is 12.6. The summed E-state index contributed by atoms with van der Waals surface area (Å²) < 4.78 is 0. The van der Waals surface area contributed by atoms with Crippen LogP contribution in [0, 0.1) is 6.92 Å². The van der Waals surface area contributed by atoms with Crippen molar-refractivity contribution in [2.24, 2.45) is 0 Å². The first-order valence-electron chi connectivity index (χ1n) is 9.17. The SMILES string of the molecule is Cc1ccc(C(=O)Nc2cccc(N(c3ccccn3)c3ncccn3)c2)cc1. The van der Waals surface area contributed by atoms with E-state index >= 15 is 0 Å². The molecule has 29 heavy (non-hydrogen) atoms. The lowest BCUT2D eigenvalue weighted by molar-refractivity contribution is 0.102. The van der Waals surface area contributed by atoms with E-state index in [2.05, 4.69) is 20.3 Å². The summed E-state index contributed by atoms with van der Waals surface area (Å²) in [5.74, 6) is 1.01. The number of anilines is 4. The van der Waals surface area contributed by atoms with Crippen molar-refractivity contribution in [2.75, 3.05) is 10.2 Å². The first-order valence-corrected chi connectivity index (χ1v) is 9.17. The van der Waals surface area contributed by atoms with Crippen LogP contribution in [-0.2, 0) is 0 Å². The minimum absolute atomic E-state index is 0.164. The van der Waals surface area contributed by atoms with Gasteiger partial charge in [0.25, 0.3) is 5.91 Å². The molecule has 2 aromatic carbocycles. The Hall–Kier alpha value is -4.06. The van der Waals surface area contributed by atoms with Crippen molar-refractivity contribution < 1.29 is 4.79 Å². The summed E-state index contributed by atoms with van der Waals surface area (Å²) in [6.45, 7) is 1.99. The van der Waals surface area contributed by atoms with Crippen LogP contribution in [0.2, 0.25) is 0 Å². The molecular formula is C23H19N5O. The van der Waals surface area contributed by atoms with Crippen molar-refractivity contribution in [3.05, 3.63) is 103 Å². The van der Waals surface area contributed by atoms with E-state index in [9.17, 15) is 4.79 Å². The van der Waals surface area contributed by atoms with Crippen LogP contribution in [0.4, 0.5) is 23.1 Å². The molecule has 1 N–H and O–H groups in total. The van der Waals surface area contributed by atoms with Gasteiger partial charge in [0.05, 0.1) is 5.69 Å². The number of hydrogen-bond donors (Lipinski definition) is 1. The average molecular weight is 381 g/mol. The van der Waals surface area contributed by atoms with E-state index in [0.717, 1.165) is 11.3 Å². The summed E-state index contributed by atoms with van der Waals surface area (Å²) in [5, 5.41) is 2.95. The summed E-state index contributed by atoms with van der Waals surface area (Å²) in [6, 6.07) is 22.4. The Balaban J connectivity index is 1.66. The zero-order valence-corrected chi connectivity index (χ0v) is 15.9. The number of pyridine rings is 1. The van der Waals surface area contributed by atoms with Crippen LogP contribution in [-0.4, -0.2) is 20.9 Å². The van der Waals surface area contributed by atoms with E-state index in [-0.39, 0.29) is 5.91 Å². The topological polar surface area (TPSA) is 71.0 Å². The Labute approximate surface area is 168 Å². The normalized spacial score (nSPS) is 10.4. The van der Waals surface area contributed by atoms with E-state index in [1.54, 1.807) is 24.7 Å². The van der Waals surface area contributed by atoms with E-state index in [1.807, 2.05) is 78.6 Å². The number of benzene rings is 2. The van der Waals surface area contributed by atoms with Crippen molar-refractivity contribution in [2.45, 2.75) is 6.92 Å². The van der Waals surface area contributed by atoms with Crippen molar-refractivity contribution >= 4 is 29.0 Å². The number of hydrogen-bond acceptors (Lipinski definition) is 5. The number of nitrogens with zero attached hydrogens (tertiary/aromatic N) is 4. The molecule has 0 aliphatic heterocycles. The van der Waals surface area contributed by atoms with Crippen LogP contribution in [0.1, 0.15) is 15.9 Å². The minimum Gasteiger partial charge on any atom is -0.322 e. The Morgan fingerprint density at radius 3 is 2.31 bits per heavy atom. The fraction of sp³-hybridized carbons (Fsp3) is 0.0435. The second-order valence-electron chi connectivity index (χ2n) is 6.44. The highest BCUT2D eigenvalue weighted by Gasteiger charge is 2.16. The van der Waals surface area contributed by atoms with Gasteiger partial charge in [0, 0.05) is 29.8 Å². The van der Waals surface area contributed by atoms with Gasteiger partial charge in [-0.15, -0.1) is 0 Å². The molecule has 2 heterocycles. The van der Waals surface area contributed by atoms with E-state index in [1.165, 1.54) is 0 Å². The summed E-state index contributed by atoms with van der Waals surface area (Å²) in [4.78, 5) is 27.6. The van der Waals surface area contributed by atoms with Crippen molar-refractivity contribution in [3.8, 4) is 0 Å². The molecule has 0 atom stereocenters. The highest BCUT2D eigenvalue weighted by Crippen LogP contribution is 2.31. The van der Waals surface area contributed by atoms with Gasteiger partial charge >= 0.3 is 0 Å². The molecule has 6 nitrogen and oxygen atoms in total. The Morgan fingerprint density at radius 1 is 0.828 bits per heavy atom. The average Bonchev–Trinajstić information content (AvgIpc) is 2.76. The maximum absolute atomic E-state index is 12.6. The summed E-state index contributed by atoms with van der Waals surface area (Å²) >= 11 is 0. The quantitative estimate of drug-likeness (QED) is 0.532. The molecular weight excluding hydrogens is 362 g/mol. The molecule has 0 saturated heterocycles. The van der Waals surface area contributed by atoms with Crippen molar-refractivity contribution in [3.63, 3.8) is 0 Å². The van der Waals surface area contributed by atoms with Gasteiger partial charge in [0.1, 0.15) is 5.82 Å². The molecule has 0 bridgehead atoms. The lowest BCUT2D eigenvalue weighted by Crippen LogP contribution is -2.15. The Bertz CT molecular complexity index is 1060. The number of nitrogens with one attached hydrogen (secondary N) is 1. The molecule has 0 spiro atoms. The van der Waals surface area contributed by atoms with Crippen molar-refractivity contribution in [1.82, 2.24) is 15.0 Å². The molecule has 1 amide bonds. The highest BCUT2D eigenvalue weighted by atomic mass is 16.1. The zero-order valence-electron chi connectivity index (χ0n) is 15.9. The van der Waals surface area contributed by atoms with Crippen LogP contribution < -0.4 is 10.2 Å². The molecule has 142 valence electrons. The van der Waals surface area contributed by atoms with Gasteiger partial charge in [-0.05, 0) is 55.5 Å². The first kappa shape index (κ1) is 18.3. The van der Waals surface area contributed by atoms with Crippen LogP contribution in [0.3, 0.4) is 0 Å². The number of rotatable bonds is 5. The van der Waals surface area contributed by atoms with Gasteiger partial charge in [-0.25, -0.2) is 15.0 Å². The largest absolute Gasteiger partial charge is 0.322 e. The number of amides is 1. The predicted molar refractivity (Wildman–Crippen MR) is 114 cm³/mol. The van der Waals surface area contributed by atoms with Gasteiger partial charge in [0.2, 0.25) is 5.95 Å². The van der Waals surface area contributed by atoms with Gasteiger partial charge < -0.3 is 5.32 Å². The molecule has 0 fully saturated rings. The summed E-state index contributed by atoms with van der Waals surface area (Å²) in [7, 11) is 0. The van der Waals surface area contributed by atoms with Crippen molar-refractivity contribution in [1.29, 1.82) is 0 Å². The predicted octanol–water partition coefficient (Wildman–Crippen LogP) is 4.90. The Kier molecular flexibility index (Phi) is 5.25. The minimum atomic E-state index is -0.164. The third kappa shape index (κ3) is 4.27. The molecule has 6 heteroatoms. The van der Waals surface area contributed by atoms with E-state index in [4.69, 9.17) is 0 Å². The first-order chi connectivity index (χ1) is 14.2. The fourth-order valence-electron chi connectivity index (χ4n) is 2.87. The lowest BCUT2D eigenvalue weighted by atomic mass is 10.1. The highest BCUT2D eigenvalue weighted by molar-refractivity contribution is 6.04. The van der Waals surface area contributed by atoms with Gasteiger partial charge in [-0.2, -0.15) is 0 Å². The zero-order chi connectivity index (χ0) is 20.1. The molecule has 0 aliphatic rings.